The largest absolute Gasteiger partial charge is 0.274 e. The van der Waals surface area contributed by atoms with Crippen molar-refractivity contribution in [2.24, 2.45) is 7.05 Å². The van der Waals surface area contributed by atoms with Gasteiger partial charge in [-0.2, -0.15) is 9.40 Å². The molecule has 1 aliphatic rings. The lowest BCUT2D eigenvalue weighted by atomic mass is 10.2. The number of halogens is 1. The first-order chi connectivity index (χ1) is 7.50. The van der Waals surface area contributed by atoms with E-state index in [0.29, 0.717) is 13.1 Å². The quantitative estimate of drug-likeness (QED) is 0.765. The van der Waals surface area contributed by atoms with E-state index in [1.165, 1.54) is 21.4 Å². The zero-order chi connectivity index (χ0) is 11.8. The molecule has 5 nitrogen and oxygen atoms in total. The normalized spacial score (nSPS) is 23.5. The summed E-state index contributed by atoms with van der Waals surface area (Å²) in [5.41, 5.74) is 0. The van der Waals surface area contributed by atoms with Crippen LogP contribution in [0.25, 0.3) is 0 Å². The monoisotopic (exact) mass is 307 g/mol. The zero-order valence-corrected chi connectivity index (χ0v) is 11.4. The van der Waals surface area contributed by atoms with Crippen LogP contribution in [0.2, 0.25) is 0 Å². The van der Waals surface area contributed by atoms with Gasteiger partial charge >= 0.3 is 0 Å². The molecule has 1 aromatic heterocycles. The summed E-state index contributed by atoms with van der Waals surface area (Å²) in [7, 11) is -1.64. The van der Waals surface area contributed by atoms with Crippen LogP contribution in [-0.2, 0) is 17.1 Å². The molecule has 0 amide bonds. The van der Waals surface area contributed by atoms with Crippen LogP contribution in [-0.4, -0.2) is 40.4 Å². The van der Waals surface area contributed by atoms with Crippen molar-refractivity contribution in [1.82, 2.24) is 14.1 Å². The van der Waals surface area contributed by atoms with Gasteiger partial charge in [0, 0.05) is 31.2 Å². The molecule has 1 aliphatic heterocycles. The molecule has 1 unspecified atom stereocenters. The van der Waals surface area contributed by atoms with Crippen molar-refractivity contribution in [2.45, 2.75) is 22.6 Å². The highest BCUT2D eigenvalue weighted by Crippen LogP contribution is 2.23. The minimum atomic E-state index is -3.35. The van der Waals surface area contributed by atoms with Crippen LogP contribution in [0.15, 0.2) is 17.3 Å². The first-order valence-electron chi connectivity index (χ1n) is 5.13. The summed E-state index contributed by atoms with van der Waals surface area (Å²) in [5, 5.41) is 3.90. The lowest BCUT2D eigenvalue weighted by Gasteiger charge is -2.28. The summed E-state index contributed by atoms with van der Waals surface area (Å²) >= 11 is 3.47. The maximum absolute atomic E-state index is 12.2. The molecule has 0 saturated carbocycles. The number of hydrogen-bond donors (Lipinski definition) is 0. The Hall–Kier alpha value is -0.400. The van der Waals surface area contributed by atoms with E-state index in [-0.39, 0.29) is 9.72 Å². The number of sulfonamides is 1. The van der Waals surface area contributed by atoms with Gasteiger partial charge in [0.05, 0.1) is 6.20 Å². The van der Waals surface area contributed by atoms with Crippen molar-refractivity contribution >= 4 is 26.0 Å². The van der Waals surface area contributed by atoms with E-state index in [2.05, 4.69) is 21.0 Å². The molecule has 0 radical (unpaired) electrons. The first-order valence-corrected chi connectivity index (χ1v) is 7.48. The van der Waals surface area contributed by atoms with Crippen LogP contribution < -0.4 is 0 Å². The van der Waals surface area contributed by atoms with Crippen molar-refractivity contribution in [1.29, 1.82) is 0 Å². The first kappa shape index (κ1) is 12.1. The number of aryl methyl sites for hydroxylation is 1. The Morgan fingerprint density at radius 1 is 1.56 bits per heavy atom. The van der Waals surface area contributed by atoms with Gasteiger partial charge in [-0.1, -0.05) is 15.9 Å². The molecule has 0 N–H and O–H groups in total. The highest BCUT2D eigenvalue weighted by Gasteiger charge is 2.29. The van der Waals surface area contributed by atoms with Crippen LogP contribution in [0, 0.1) is 0 Å². The van der Waals surface area contributed by atoms with Gasteiger partial charge in [-0.15, -0.1) is 0 Å². The van der Waals surface area contributed by atoms with Crippen LogP contribution in [0.4, 0.5) is 0 Å². The molecule has 7 heteroatoms. The van der Waals surface area contributed by atoms with Crippen molar-refractivity contribution in [3.63, 3.8) is 0 Å². The maximum atomic E-state index is 12.2. The van der Waals surface area contributed by atoms with Gasteiger partial charge in [0.1, 0.15) is 4.90 Å². The van der Waals surface area contributed by atoms with Crippen molar-refractivity contribution in [3.8, 4) is 0 Å². The van der Waals surface area contributed by atoms with E-state index in [1.807, 2.05) is 0 Å². The number of alkyl halides is 1. The summed E-state index contributed by atoms with van der Waals surface area (Å²) in [5.74, 6) is 0. The van der Waals surface area contributed by atoms with Crippen LogP contribution in [0.5, 0.6) is 0 Å². The molecule has 1 atom stereocenters. The smallest absolute Gasteiger partial charge is 0.246 e. The molecular weight excluding hydrogens is 294 g/mol. The third-order valence-electron chi connectivity index (χ3n) is 2.65. The summed E-state index contributed by atoms with van der Waals surface area (Å²) < 4.78 is 27.4. The van der Waals surface area contributed by atoms with Crippen molar-refractivity contribution in [2.75, 3.05) is 13.1 Å². The second kappa shape index (κ2) is 4.46. The van der Waals surface area contributed by atoms with E-state index in [0.717, 1.165) is 12.8 Å². The fraction of sp³-hybridized carbons (Fsp3) is 0.667. The number of aromatic nitrogens is 2. The van der Waals surface area contributed by atoms with E-state index in [1.54, 1.807) is 7.05 Å². The Bertz CT molecular complexity index is 471. The van der Waals surface area contributed by atoms with Crippen LogP contribution >= 0.6 is 15.9 Å². The minimum Gasteiger partial charge on any atom is -0.274 e. The molecule has 90 valence electrons. The second-order valence-electron chi connectivity index (χ2n) is 3.95. The molecule has 0 spiro atoms. The fourth-order valence-electron chi connectivity index (χ4n) is 1.79. The molecule has 2 rings (SSSR count). The van der Waals surface area contributed by atoms with Gasteiger partial charge in [0.2, 0.25) is 10.0 Å². The molecule has 0 aromatic carbocycles. The Balaban J connectivity index is 2.25. The number of nitrogens with zero attached hydrogens (tertiary/aromatic N) is 3. The standard InChI is InChI=1S/C9H14BrN3O2S/c1-12-7-9(5-11-12)16(14,15)13-4-2-3-8(10)6-13/h5,7-8H,2-4,6H2,1H3. The average Bonchev–Trinajstić information content (AvgIpc) is 2.65. The molecule has 0 bridgehead atoms. The summed E-state index contributed by atoms with van der Waals surface area (Å²) in [6, 6.07) is 0. The van der Waals surface area contributed by atoms with E-state index in [9.17, 15) is 8.42 Å². The minimum absolute atomic E-state index is 0.257. The van der Waals surface area contributed by atoms with Gasteiger partial charge in [-0.25, -0.2) is 8.42 Å². The zero-order valence-electron chi connectivity index (χ0n) is 9.00. The Kier molecular flexibility index (Phi) is 3.37. The maximum Gasteiger partial charge on any atom is 0.246 e. The molecule has 1 aromatic rings. The molecule has 1 saturated heterocycles. The second-order valence-corrected chi connectivity index (χ2v) is 7.19. The average molecular weight is 308 g/mol. The lowest BCUT2D eigenvalue weighted by Crippen LogP contribution is -2.40. The predicted octanol–water partition coefficient (Wildman–Crippen LogP) is 0.968. The van der Waals surface area contributed by atoms with Gasteiger partial charge < -0.3 is 0 Å². The predicted molar refractivity (Wildman–Crippen MR) is 63.9 cm³/mol. The SMILES string of the molecule is Cn1cc(S(=O)(=O)N2CCCC(Br)C2)cn1. The molecule has 1 fully saturated rings. The summed E-state index contributed by atoms with van der Waals surface area (Å²) in [4.78, 5) is 0.532. The van der Waals surface area contributed by atoms with Gasteiger partial charge in [-0.05, 0) is 12.8 Å². The fourth-order valence-corrected chi connectivity index (χ4v) is 4.17. The Morgan fingerprint density at radius 2 is 2.31 bits per heavy atom. The number of piperidine rings is 1. The van der Waals surface area contributed by atoms with Gasteiger partial charge in [-0.3, -0.25) is 4.68 Å². The third kappa shape index (κ3) is 2.31. The number of rotatable bonds is 2. The third-order valence-corrected chi connectivity index (χ3v) is 5.21. The van der Waals surface area contributed by atoms with Gasteiger partial charge in [0.25, 0.3) is 0 Å². The molecule has 0 aliphatic carbocycles. The van der Waals surface area contributed by atoms with Crippen LogP contribution in [0.1, 0.15) is 12.8 Å². The van der Waals surface area contributed by atoms with E-state index < -0.39 is 10.0 Å². The Labute approximate surface area is 104 Å². The van der Waals surface area contributed by atoms with Gasteiger partial charge in [0.15, 0.2) is 0 Å². The topological polar surface area (TPSA) is 55.2 Å². The van der Waals surface area contributed by atoms with Crippen LogP contribution in [0.3, 0.4) is 0 Å². The molecular formula is C9H14BrN3O2S. The Morgan fingerprint density at radius 3 is 2.88 bits per heavy atom. The van der Waals surface area contributed by atoms with Crippen molar-refractivity contribution in [3.05, 3.63) is 12.4 Å². The summed E-state index contributed by atoms with van der Waals surface area (Å²) in [6.45, 7) is 1.14. The summed E-state index contributed by atoms with van der Waals surface area (Å²) in [6.07, 6.45) is 4.86. The van der Waals surface area contributed by atoms with Crippen molar-refractivity contribution < 1.29 is 8.42 Å². The lowest BCUT2D eigenvalue weighted by molar-refractivity contribution is 0.356. The van der Waals surface area contributed by atoms with E-state index >= 15 is 0 Å². The molecule has 16 heavy (non-hydrogen) atoms. The highest BCUT2D eigenvalue weighted by atomic mass is 79.9. The molecule has 2 heterocycles. The van der Waals surface area contributed by atoms with E-state index in [4.69, 9.17) is 0 Å². The number of hydrogen-bond acceptors (Lipinski definition) is 3. The highest BCUT2D eigenvalue weighted by molar-refractivity contribution is 9.09.